The predicted molar refractivity (Wildman–Crippen MR) is 139 cm³/mol. The monoisotopic (exact) mass is 534 g/mol. The number of hydrogen-bond acceptors (Lipinski definition) is 6. The highest BCUT2D eigenvalue weighted by Crippen LogP contribution is 2.47. The van der Waals surface area contributed by atoms with Crippen molar-refractivity contribution in [3.8, 4) is 11.5 Å². The lowest BCUT2D eigenvalue weighted by atomic mass is 9.65. The van der Waals surface area contributed by atoms with E-state index in [2.05, 4.69) is 41.2 Å². The minimum absolute atomic E-state index is 0.0316. The molecular weight excluding hydrogens is 500 g/mol. The number of fused-ring (bicyclic) bond motifs is 1. The molecule has 0 bridgehead atoms. The molecule has 0 unspecified atom stereocenters. The lowest BCUT2D eigenvalue weighted by Gasteiger charge is -2.47. The van der Waals surface area contributed by atoms with Crippen molar-refractivity contribution in [1.29, 1.82) is 0 Å². The number of nitrogens with zero attached hydrogens (tertiary/aromatic N) is 3. The highest BCUT2D eigenvalue weighted by Gasteiger charge is 2.44. The number of rotatable bonds is 9. The highest BCUT2D eigenvalue weighted by molar-refractivity contribution is 5.92. The Labute approximate surface area is 220 Å². The summed E-state index contributed by atoms with van der Waals surface area (Å²) in [7, 11) is 5.66. The van der Waals surface area contributed by atoms with Crippen LogP contribution in [0.25, 0.3) is 10.9 Å². The van der Waals surface area contributed by atoms with Gasteiger partial charge >= 0.3 is 6.18 Å². The average Bonchev–Trinajstić information content (AvgIpc) is 2.80. The maximum Gasteiger partial charge on any atom is 0.419 e. The zero-order valence-corrected chi connectivity index (χ0v) is 22.5. The quantitative estimate of drug-likeness (QED) is 0.306. The normalized spacial score (nSPS) is 16.7. The fraction of sp³-hybridized carbons (Fsp3) is 0.500. The van der Waals surface area contributed by atoms with Crippen molar-refractivity contribution in [3.05, 3.63) is 53.1 Å². The minimum atomic E-state index is -4.79. The Balaban J connectivity index is 1.71. The third-order valence-corrected chi connectivity index (χ3v) is 7.39. The van der Waals surface area contributed by atoms with Crippen LogP contribution in [0.3, 0.4) is 0 Å². The summed E-state index contributed by atoms with van der Waals surface area (Å²) in [6, 6.07) is 6.00. The molecule has 1 N–H and O–H groups in total. The van der Waals surface area contributed by atoms with Crippen LogP contribution in [0.1, 0.15) is 56.1 Å². The van der Waals surface area contributed by atoms with Crippen molar-refractivity contribution >= 4 is 16.7 Å². The highest BCUT2D eigenvalue weighted by atomic mass is 19.4. The molecule has 0 amide bonds. The Morgan fingerprint density at radius 1 is 1.11 bits per heavy atom. The molecule has 206 valence electrons. The molecule has 1 aliphatic rings. The molecule has 0 radical (unpaired) electrons. The second-order valence-corrected chi connectivity index (χ2v) is 10.4. The first-order chi connectivity index (χ1) is 17.8. The van der Waals surface area contributed by atoms with Crippen LogP contribution in [-0.2, 0) is 6.18 Å². The lowest BCUT2D eigenvalue weighted by Crippen LogP contribution is -2.49. The minimum Gasteiger partial charge on any atom is -0.493 e. The number of ether oxygens (including phenoxy) is 2. The van der Waals surface area contributed by atoms with Gasteiger partial charge in [0.15, 0.2) is 11.5 Å². The number of aromatic nitrogens is 2. The Hall–Kier alpha value is -3.14. The standard InChI is InChI=1S/C28H34F4N4O2/c1-16(19-9-7-10-21(25(19)29)28(30,31)32)33-26-20-13-24(23(37-6)14-22(20)34-18(3)35-26)38-17(2)27(11-8-12-27)15-36(4)5/h7,9-10,13-14,16-17H,8,11-12,15H2,1-6H3,(H,33,34,35)/t16-,17+/m1/s1. The molecule has 6 nitrogen and oxygen atoms in total. The number of aryl methyl sites for hydroxylation is 1. The first-order valence-electron chi connectivity index (χ1n) is 12.6. The first-order valence-corrected chi connectivity index (χ1v) is 12.6. The molecule has 2 atom stereocenters. The van der Waals surface area contributed by atoms with E-state index >= 15 is 0 Å². The number of anilines is 1. The Morgan fingerprint density at radius 3 is 2.39 bits per heavy atom. The molecule has 0 aliphatic heterocycles. The van der Waals surface area contributed by atoms with Crippen LogP contribution in [0.15, 0.2) is 30.3 Å². The Bertz CT molecular complexity index is 1310. The molecular formula is C28H34F4N4O2. The molecule has 3 aromatic rings. The molecule has 38 heavy (non-hydrogen) atoms. The third-order valence-electron chi connectivity index (χ3n) is 7.39. The zero-order valence-electron chi connectivity index (χ0n) is 22.5. The van der Waals surface area contributed by atoms with Crippen LogP contribution in [0.4, 0.5) is 23.4 Å². The van der Waals surface area contributed by atoms with Crippen LogP contribution in [0.5, 0.6) is 11.5 Å². The van der Waals surface area contributed by atoms with Gasteiger partial charge in [-0.15, -0.1) is 0 Å². The van der Waals surface area contributed by atoms with E-state index in [0.717, 1.165) is 31.9 Å². The number of benzene rings is 2. The molecule has 1 saturated carbocycles. The van der Waals surface area contributed by atoms with Crippen LogP contribution in [0, 0.1) is 18.2 Å². The average molecular weight is 535 g/mol. The summed E-state index contributed by atoms with van der Waals surface area (Å²) >= 11 is 0. The number of hydrogen-bond donors (Lipinski definition) is 1. The molecule has 0 saturated heterocycles. The fourth-order valence-corrected chi connectivity index (χ4v) is 5.27. The van der Waals surface area contributed by atoms with Gasteiger partial charge in [-0.05, 0) is 59.8 Å². The predicted octanol–water partition coefficient (Wildman–Crippen LogP) is 6.78. The smallest absolute Gasteiger partial charge is 0.419 e. The topological polar surface area (TPSA) is 59.5 Å². The molecule has 10 heteroatoms. The summed E-state index contributed by atoms with van der Waals surface area (Å²) in [6.45, 7) is 6.27. The molecule has 1 heterocycles. The molecule has 1 fully saturated rings. The van der Waals surface area contributed by atoms with Crippen LogP contribution in [-0.4, -0.2) is 48.7 Å². The zero-order chi connectivity index (χ0) is 27.8. The Morgan fingerprint density at radius 2 is 1.82 bits per heavy atom. The van der Waals surface area contributed by atoms with Gasteiger partial charge < -0.3 is 19.7 Å². The van der Waals surface area contributed by atoms with Crippen molar-refractivity contribution in [3.63, 3.8) is 0 Å². The molecule has 1 aliphatic carbocycles. The second kappa shape index (κ2) is 10.6. The Kier molecular flexibility index (Phi) is 7.74. The summed E-state index contributed by atoms with van der Waals surface area (Å²) in [5.74, 6) is 0.542. The molecule has 4 rings (SSSR count). The third kappa shape index (κ3) is 5.50. The van der Waals surface area contributed by atoms with Gasteiger partial charge in [0.05, 0.1) is 24.2 Å². The van der Waals surface area contributed by atoms with Crippen molar-refractivity contribution in [2.75, 3.05) is 33.1 Å². The summed E-state index contributed by atoms with van der Waals surface area (Å²) in [5.41, 5.74) is -0.813. The van der Waals surface area contributed by atoms with Crippen molar-refractivity contribution in [1.82, 2.24) is 14.9 Å². The second-order valence-electron chi connectivity index (χ2n) is 10.4. The van der Waals surface area contributed by atoms with Gasteiger partial charge in [-0.25, -0.2) is 14.4 Å². The largest absolute Gasteiger partial charge is 0.493 e. The lowest BCUT2D eigenvalue weighted by molar-refractivity contribution is -0.140. The number of methoxy groups -OCH3 is 1. The van der Waals surface area contributed by atoms with Gasteiger partial charge in [-0.1, -0.05) is 18.6 Å². The van der Waals surface area contributed by atoms with Crippen molar-refractivity contribution < 1.29 is 27.0 Å². The first kappa shape index (κ1) is 27.9. The molecule has 2 aromatic carbocycles. The maximum absolute atomic E-state index is 14.8. The van der Waals surface area contributed by atoms with E-state index < -0.39 is 23.6 Å². The summed E-state index contributed by atoms with van der Waals surface area (Å²) < 4.78 is 66.8. The van der Waals surface area contributed by atoms with Crippen LogP contribution in [0.2, 0.25) is 0 Å². The van der Waals surface area contributed by atoms with Crippen LogP contribution < -0.4 is 14.8 Å². The van der Waals surface area contributed by atoms with Gasteiger partial charge in [0.25, 0.3) is 0 Å². The number of alkyl halides is 3. The van der Waals surface area contributed by atoms with Gasteiger partial charge in [0, 0.05) is 29.0 Å². The van der Waals surface area contributed by atoms with Gasteiger partial charge in [-0.2, -0.15) is 13.2 Å². The van der Waals surface area contributed by atoms with E-state index in [9.17, 15) is 17.6 Å². The summed E-state index contributed by atoms with van der Waals surface area (Å²) in [5, 5.41) is 3.69. The van der Waals surface area contributed by atoms with Gasteiger partial charge in [0.2, 0.25) is 0 Å². The number of nitrogens with one attached hydrogen (secondary N) is 1. The van der Waals surface area contributed by atoms with Crippen molar-refractivity contribution in [2.45, 2.75) is 58.4 Å². The van der Waals surface area contributed by atoms with Crippen molar-refractivity contribution in [2.24, 2.45) is 5.41 Å². The van der Waals surface area contributed by atoms with Gasteiger partial charge in [-0.3, -0.25) is 0 Å². The van der Waals surface area contributed by atoms with E-state index in [-0.39, 0.29) is 17.1 Å². The summed E-state index contributed by atoms with van der Waals surface area (Å²) in [6.07, 6.45) is -1.59. The van der Waals surface area contributed by atoms with Gasteiger partial charge in [0.1, 0.15) is 23.6 Å². The fourth-order valence-electron chi connectivity index (χ4n) is 5.27. The SMILES string of the molecule is COc1cc2nc(C)nc(N[C@H](C)c3cccc(C(F)(F)F)c3F)c2cc1O[C@@H](C)C1(CN(C)C)CCC1. The number of halogens is 4. The van der Waals surface area contributed by atoms with Crippen LogP contribution >= 0.6 is 0 Å². The van der Waals surface area contributed by atoms with E-state index in [0.29, 0.717) is 34.0 Å². The maximum atomic E-state index is 14.8. The molecule has 0 spiro atoms. The molecule has 1 aromatic heterocycles. The van der Waals surface area contributed by atoms with E-state index in [1.807, 2.05) is 0 Å². The summed E-state index contributed by atoms with van der Waals surface area (Å²) in [4.78, 5) is 11.2. The van der Waals surface area contributed by atoms with E-state index in [4.69, 9.17) is 9.47 Å². The van der Waals surface area contributed by atoms with E-state index in [1.54, 1.807) is 33.1 Å². The van der Waals surface area contributed by atoms with E-state index in [1.165, 1.54) is 12.1 Å².